The highest BCUT2D eigenvalue weighted by Gasteiger charge is 2.22. The van der Waals surface area contributed by atoms with Crippen LogP contribution in [0, 0.1) is 6.92 Å². The smallest absolute Gasteiger partial charge is 0.274 e. The summed E-state index contributed by atoms with van der Waals surface area (Å²) in [5, 5.41) is 11.5. The van der Waals surface area contributed by atoms with Crippen LogP contribution in [0.25, 0.3) is 0 Å². The van der Waals surface area contributed by atoms with Crippen LogP contribution in [0.2, 0.25) is 0 Å². The molecule has 130 valence electrons. The van der Waals surface area contributed by atoms with Crippen molar-refractivity contribution in [1.82, 2.24) is 15.1 Å². The van der Waals surface area contributed by atoms with Gasteiger partial charge >= 0.3 is 0 Å². The van der Waals surface area contributed by atoms with E-state index < -0.39 is 0 Å². The molecule has 0 bridgehead atoms. The van der Waals surface area contributed by atoms with Gasteiger partial charge < -0.3 is 10.2 Å². The Balaban J connectivity index is 1.47. The third kappa shape index (κ3) is 3.28. The minimum absolute atomic E-state index is 0.0746. The summed E-state index contributed by atoms with van der Waals surface area (Å²) in [6, 6.07) is 19.8. The van der Waals surface area contributed by atoms with Crippen LogP contribution in [0.5, 0.6) is 0 Å². The van der Waals surface area contributed by atoms with Gasteiger partial charge in [0.2, 0.25) is 0 Å². The summed E-state index contributed by atoms with van der Waals surface area (Å²) in [6.45, 7) is 3.36. The summed E-state index contributed by atoms with van der Waals surface area (Å²) in [5.74, 6) is 0.550. The highest BCUT2D eigenvalue weighted by atomic mass is 16.2. The second-order valence-corrected chi connectivity index (χ2v) is 6.49. The van der Waals surface area contributed by atoms with E-state index in [-0.39, 0.29) is 5.91 Å². The number of hydrogen-bond acceptors (Lipinski definition) is 4. The number of hydrogen-bond donors (Lipinski definition) is 1. The fourth-order valence-electron chi connectivity index (χ4n) is 3.20. The molecule has 2 heterocycles. The summed E-state index contributed by atoms with van der Waals surface area (Å²) >= 11 is 0. The van der Waals surface area contributed by atoms with E-state index in [2.05, 4.69) is 27.6 Å². The van der Waals surface area contributed by atoms with E-state index in [9.17, 15) is 4.79 Å². The number of nitrogens with one attached hydrogen (secondary N) is 1. The Morgan fingerprint density at radius 1 is 0.962 bits per heavy atom. The second-order valence-electron chi connectivity index (χ2n) is 6.49. The van der Waals surface area contributed by atoms with Gasteiger partial charge in [0.05, 0.1) is 0 Å². The van der Waals surface area contributed by atoms with Crippen molar-refractivity contribution in [1.29, 1.82) is 0 Å². The second kappa shape index (κ2) is 6.96. The molecular weight excluding hydrogens is 324 g/mol. The summed E-state index contributed by atoms with van der Waals surface area (Å²) in [6.07, 6.45) is 0.877. The van der Waals surface area contributed by atoms with Crippen molar-refractivity contribution in [2.24, 2.45) is 0 Å². The molecule has 3 aromatic rings. The highest BCUT2D eigenvalue weighted by molar-refractivity contribution is 5.92. The third-order valence-electron chi connectivity index (χ3n) is 4.71. The molecule has 0 saturated carbocycles. The number of nitrogens with zero attached hydrogens (tertiary/aromatic N) is 3. The van der Waals surface area contributed by atoms with Crippen LogP contribution in [0.1, 0.15) is 27.2 Å². The van der Waals surface area contributed by atoms with Crippen molar-refractivity contribution in [3.05, 3.63) is 83.0 Å². The van der Waals surface area contributed by atoms with Crippen LogP contribution in [0.15, 0.2) is 60.7 Å². The number of rotatable bonds is 3. The van der Waals surface area contributed by atoms with Crippen molar-refractivity contribution in [3.63, 3.8) is 0 Å². The number of fused-ring (bicyclic) bond motifs is 1. The van der Waals surface area contributed by atoms with Crippen molar-refractivity contribution in [3.8, 4) is 0 Å². The number of aromatic nitrogens is 2. The van der Waals surface area contributed by atoms with Gasteiger partial charge in [-0.05, 0) is 48.2 Å². The zero-order valence-electron chi connectivity index (χ0n) is 14.6. The molecule has 0 unspecified atom stereocenters. The molecule has 0 spiro atoms. The van der Waals surface area contributed by atoms with E-state index in [4.69, 9.17) is 0 Å². The van der Waals surface area contributed by atoms with E-state index in [1.807, 2.05) is 48.2 Å². The molecule has 5 nitrogen and oxygen atoms in total. The third-order valence-corrected chi connectivity index (χ3v) is 4.71. The predicted octanol–water partition coefficient (Wildman–Crippen LogP) is 3.73. The lowest BCUT2D eigenvalue weighted by molar-refractivity contribution is 0.0727. The average molecular weight is 344 g/mol. The van der Waals surface area contributed by atoms with Crippen LogP contribution < -0.4 is 5.32 Å². The quantitative estimate of drug-likeness (QED) is 0.786. The standard InChI is InChI=1S/C21H20N4O/c1-15-6-2-5-9-18(15)22-20-11-10-19(23-24-20)21(26)25-13-12-16-7-3-4-8-17(16)14-25/h2-11H,12-14H2,1H3,(H,22,24). The van der Waals surface area contributed by atoms with Crippen LogP contribution in [0.3, 0.4) is 0 Å². The molecule has 0 radical (unpaired) electrons. The maximum absolute atomic E-state index is 12.7. The predicted molar refractivity (Wildman–Crippen MR) is 101 cm³/mol. The zero-order valence-corrected chi connectivity index (χ0v) is 14.6. The number of aryl methyl sites for hydroxylation is 1. The van der Waals surface area contributed by atoms with E-state index >= 15 is 0 Å². The molecule has 1 aliphatic rings. The maximum atomic E-state index is 12.7. The first kappa shape index (κ1) is 16.3. The highest BCUT2D eigenvalue weighted by Crippen LogP contribution is 2.21. The zero-order chi connectivity index (χ0) is 17.9. The Morgan fingerprint density at radius 2 is 1.73 bits per heavy atom. The average Bonchev–Trinajstić information content (AvgIpc) is 2.69. The van der Waals surface area contributed by atoms with Gasteiger partial charge in [-0.25, -0.2) is 0 Å². The summed E-state index contributed by atoms with van der Waals surface area (Å²) < 4.78 is 0. The molecular formula is C21H20N4O. The summed E-state index contributed by atoms with van der Waals surface area (Å²) in [7, 11) is 0. The van der Waals surface area contributed by atoms with E-state index in [0.717, 1.165) is 17.7 Å². The minimum Gasteiger partial charge on any atom is -0.339 e. The van der Waals surface area contributed by atoms with Crippen molar-refractivity contribution in [2.75, 3.05) is 11.9 Å². The molecule has 0 fully saturated rings. The van der Waals surface area contributed by atoms with Crippen LogP contribution in [-0.2, 0) is 13.0 Å². The molecule has 0 atom stereocenters. The molecule has 26 heavy (non-hydrogen) atoms. The monoisotopic (exact) mass is 344 g/mol. The number of carbonyl (C=O) groups is 1. The van der Waals surface area contributed by atoms with Crippen molar-refractivity contribution in [2.45, 2.75) is 19.9 Å². The molecule has 1 N–H and O–H groups in total. The Hall–Kier alpha value is -3.21. The lowest BCUT2D eigenvalue weighted by Crippen LogP contribution is -2.36. The number of amides is 1. The van der Waals surface area contributed by atoms with Gasteiger partial charge in [-0.2, -0.15) is 0 Å². The van der Waals surface area contributed by atoms with E-state index in [0.29, 0.717) is 24.6 Å². The molecule has 1 aromatic heterocycles. The minimum atomic E-state index is -0.0746. The van der Waals surface area contributed by atoms with Gasteiger partial charge in [-0.3, -0.25) is 4.79 Å². The Labute approximate surface area is 152 Å². The summed E-state index contributed by atoms with van der Waals surface area (Å²) in [5.41, 5.74) is 5.01. The molecule has 1 aliphatic heterocycles. The topological polar surface area (TPSA) is 58.1 Å². The number of anilines is 2. The normalized spacial score (nSPS) is 13.2. The molecule has 4 rings (SSSR count). The van der Waals surface area contributed by atoms with Gasteiger partial charge in [-0.1, -0.05) is 42.5 Å². The fourth-order valence-corrected chi connectivity index (χ4v) is 3.20. The molecule has 5 heteroatoms. The van der Waals surface area contributed by atoms with Gasteiger partial charge in [-0.15, -0.1) is 10.2 Å². The number of para-hydroxylation sites is 1. The van der Waals surface area contributed by atoms with E-state index in [1.165, 1.54) is 11.1 Å². The van der Waals surface area contributed by atoms with E-state index in [1.54, 1.807) is 12.1 Å². The van der Waals surface area contributed by atoms with Gasteiger partial charge in [0.25, 0.3) is 5.91 Å². The maximum Gasteiger partial charge on any atom is 0.274 e. The SMILES string of the molecule is Cc1ccccc1Nc1ccc(C(=O)N2CCc3ccccc3C2)nn1. The van der Waals surface area contributed by atoms with Crippen LogP contribution >= 0.6 is 0 Å². The molecule has 2 aromatic carbocycles. The number of carbonyl (C=O) groups excluding carboxylic acids is 1. The van der Waals surface area contributed by atoms with Crippen molar-refractivity contribution >= 4 is 17.4 Å². The number of benzene rings is 2. The van der Waals surface area contributed by atoms with Crippen LogP contribution in [-0.4, -0.2) is 27.5 Å². The Kier molecular flexibility index (Phi) is 4.35. The fraction of sp³-hybridized carbons (Fsp3) is 0.190. The first-order valence-corrected chi connectivity index (χ1v) is 8.73. The van der Waals surface area contributed by atoms with Gasteiger partial charge in [0.1, 0.15) is 0 Å². The first-order valence-electron chi connectivity index (χ1n) is 8.73. The van der Waals surface area contributed by atoms with Gasteiger partial charge in [0.15, 0.2) is 11.5 Å². The van der Waals surface area contributed by atoms with Gasteiger partial charge in [0, 0.05) is 18.8 Å². The van der Waals surface area contributed by atoms with Crippen LogP contribution in [0.4, 0.5) is 11.5 Å². The first-order chi connectivity index (χ1) is 12.7. The largest absolute Gasteiger partial charge is 0.339 e. The molecule has 1 amide bonds. The summed E-state index contributed by atoms with van der Waals surface area (Å²) in [4.78, 5) is 14.6. The Bertz CT molecular complexity index is 937. The molecule has 0 saturated heterocycles. The Morgan fingerprint density at radius 3 is 2.50 bits per heavy atom. The van der Waals surface area contributed by atoms with Crippen molar-refractivity contribution < 1.29 is 4.79 Å². The lowest BCUT2D eigenvalue weighted by Gasteiger charge is -2.28. The lowest BCUT2D eigenvalue weighted by atomic mass is 10.00. The molecule has 0 aliphatic carbocycles.